The summed E-state index contributed by atoms with van der Waals surface area (Å²) in [6.45, 7) is 6.08. The van der Waals surface area contributed by atoms with E-state index in [0.29, 0.717) is 29.6 Å². The van der Waals surface area contributed by atoms with Gasteiger partial charge in [0, 0.05) is 44.2 Å². The topological polar surface area (TPSA) is 54.9 Å². The number of ether oxygens (including phenoxy) is 2. The molecule has 1 aromatic carbocycles. The van der Waals surface area contributed by atoms with Gasteiger partial charge in [0.25, 0.3) is 0 Å². The summed E-state index contributed by atoms with van der Waals surface area (Å²) in [6, 6.07) is 3.55. The summed E-state index contributed by atoms with van der Waals surface area (Å²) in [5.74, 6) is 1.02. The molecule has 3 rings (SSSR count). The molecule has 2 aromatic rings. The van der Waals surface area contributed by atoms with E-state index < -0.39 is 0 Å². The third kappa shape index (κ3) is 5.50. The molecule has 0 saturated carbocycles. The molecule has 29 heavy (non-hydrogen) atoms. The van der Waals surface area contributed by atoms with Gasteiger partial charge in [0.15, 0.2) is 11.5 Å². The molecule has 0 radical (unpaired) electrons. The first-order valence-electron chi connectivity index (χ1n) is 9.58. The van der Waals surface area contributed by atoms with Crippen molar-refractivity contribution >= 4 is 34.9 Å². The lowest BCUT2D eigenvalue weighted by molar-refractivity contribution is -0.127. The molecule has 0 aliphatic carbocycles. The second kappa shape index (κ2) is 10.1. The molecule has 0 atom stereocenters. The summed E-state index contributed by atoms with van der Waals surface area (Å²) >= 11 is 7.94. The number of piperazine rings is 1. The number of amides is 1. The van der Waals surface area contributed by atoms with Crippen LogP contribution >= 0.6 is 22.9 Å². The fraction of sp³-hybridized carbons (Fsp3) is 0.429. The van der Waals surface area contributed by atoms with Crippen LogP contribution in [-0.4, -0.2) is 61.1 Å². The van der Waals surface area contributed by atoms with Crippen LogP contribution in [0.5, 0.6) is 11.5 Å². The number of hydrogen-bond acceptors (Lipinski definition) is 6. The number of benzene rings is 1. The van der Waals surface area contributed by atoms with Gasteiger partial charge in [0.1, 0.15) is 0 Å². The third-order valence-electron chi connectivity index (χ3n) is 4.85. The maximum Gasteiger partial charge on any atom is 0.246 e. The van der Waals surface area contributed by atoms with E-state index >= 15 is 0 Å². The maximum atomic E-state index is 12.6. The van der Waals surface area contributed by atoms with Gasteiger partial charge in [-0.15, -0.1) is 11.3 Å². The lowest BCUT2D eigenvalue weighted by atomic mass is 10.1. The average molecular weight is 436 g/mol. The number of carbonyl (C=O) groups is 1. The fourth-order valence-corrected chi connectivity index (χ4v) is 4.28. The minimum absolute atomic E-state index is 0.00233. The zero-order chi connectivity index (χ0) is 20.8. The van der Waals surface area contributed by atoms with Gasteiger partial charge in [-0.2, -0.15) is 0 Å². The van der Waals surface area contributed by atoms with Crippen molar-refractivity contribution in [1.29, 1.82) is 0 Å². The molecule has 156 valence electrons. The third-order valence-corrected chi connectivity index (χ3v) is 6.17. The molecule has 8 heteroatoms. The summed E-state index contributed by atoms with van der Waals surface area (Å²) in [4.78, 5) is 21.4. The Morgan fingerprint density at radius 2 is 2.00 bits per heavy atom. The van der Waals surface area contributed by atoms with Crippen LogP contribution in [0.4, 0.5) is 0 Å². The lowest BCUT2D eigenvalue weighted by Gasteiger charge is -2.33. The lowest BCUT2D eigenvalue weighted by Crippen LogP contribution is -2.47. The van der Waals surface area contributed by atoms with Gasteiger partial charge in [-0.3, -0.25) is 9.69 Å². The number of aromatic nitrogens is 1. The van der Waals surface area contributed by atoms with Crippen LogP contribution in [0.15, 0.2) is 23.6 Å². The molecule has 1 aromatic heterocycles. The van der Waals surface area contributed by atoms with Crippen molar-refractivity contribution in [3.05, 3.63) is 44.9 Å². The van der Waals surface area contributed by atoms with E-state index in [2.05, 4.69) is 22.2 Å². The summed E-state index contributed by atoms with van der Waals surface area (Å²) in [5, 5.41) is 3.75. The molecule has 6 nitrogen and oxygen atoms in total. The zero-order valence-corrected chi connectivity index (χ0v) is 18.6. The summed E-state index contributed by atoms with van der Waals surface area (Å²) < 4.78 is 10.5. The highest BCUT2D eigenvalue weighted by Crippen LogP contribution is 2.36. The number of thiazole rings is 1. The van der Waals surface area contributed by atoms with Crippen molar-refractivity contribution in [2.24, 2.45) is 0 Å². The highest BCUT2D eigenvalue weighted by molar-refractivity contribution is 7.09. The Morgan fingerprint density at radius 1 is 1.24 bits per heavy atom. The first kappa shape index (κ1) is 21.6. The number of aryl methyl sites for hydroxylation is 1. The number of methoxy groups -OCH3 is 2. The molecule has 1 fully saturated rings. The Kier molecular flexibility index (Phi) is 7.52. The SMILES string of the molecule is CCc1nc(CN2CCN(C(=O)C=Cc3cc(Cl)c(OC)c(OC)c3)CC2)cs1. The monoisotopic (exact) mass is 435 g/mol. The fourth-order valence-electron chi connectivity index (χ4n) is 3.25. The average Bonchev–Trinajstić information content (AvgIpc) is 3.19. The van der Waals surface area contributed by atoms with E-state index in [1.807, 2.05) is 4.90 Å². The molecule has 1 aliphatic rings. The summed E-state index contributed by atoms with van der Waals surface area (Å²) in [5.41, 5.74) is 1.91. The number of nitrogens with zero attached hydrogens (tertiary/aromatic N) is 3. The van der Waals surface area contributed by atoms with E-state index in [-0.39, 0.29) is 5.91 Å². The Morgan fingerprint density at radius 3 is 2.62 bits per heavy atom. The van der Waals surface area contributed by atoms with Crippen LogP contribution in [0, 0.1) is 0 Å². The van der Waals surface area contributed by atoms with Crippen LogP contribution in [0.3, 0.4) is 0 Å². The van der Waals surface area contributed by atoms with E-state index in [1.54, 1.807) is 49.8 Å². The molecule has 1 saturated heterocycles. The van der Waals surface area contributed by atoms with E-state index in [4.69, 9.17) is 21.1 Å². The van der Waals surface area contributed by atoms with Gasteiger partial charge in [-0.05, 0) is 30.2 Å². The number of rotatable bonds is 7. The summed E-state index contributed by atoms with van der Waals surface area (Å²) in [7, 11) is 3.10. The second-order valence-electron chi connectivity index (χ2n) is 6.76. The highest BCUT2D eigenvalue weighted by atomic mass is 35.5. The minimum Gasteiger partial charge on any atom is -0.493 e. The van der Waals surface area contributed by atoms with Gasteiger partial charge in [-0.25, -0.2) is 4.98 Å². The molecule has 0 spiro atoms. The standard InChI is InChI=1S/C21H26ClN3O3S/c1-4-19-23-16(14-29-19)13-24-7-9-25(10-8-24)20(26)6-5-15-11-17(22)21(28-3)18(12-15)27-2/h5-6,11-12,14H,4,7-10,13H2,1-3H3. The molecular formula is C21H26ClN3O3S. The van der Waals surface area contributed by atoms with Crippen molar-refractivity contribution in [2.75, 3.05) is 40.4 Å². The van der Waals surface area contributed by atoms with Crippen LogP contribution in [0.2, 0.25) is 5.02 Å². The Balaban J connectivity index is 1.55. The molecule has 0 N–H and O–H groups in total. The normalized spacial score (nSPS) is 15.1. The maximum absolute atomic E-state index is 12.6. The van der Waals surface area contributed by atoms with Crippen molar-refractivity contribution in [3.8, 4) is 11.5 Å². The molecule has 1 amide bonds. The van der Waals surface area contributed by atoms with Gasteiger partial charge in [-0.1, -0.05) is 18.5 Å². The smallest absolute Gasteiger partial charge is 0.246 e. The van der Waals surface area contributed by atoms with Crippen molar-refractivity contribution in [3.63, 3.8) is 0 Å². The molecule has 1 aliphatic heterocycles. The van der Waals surface area contributed by atoms with Crippen LogP contribution in [0.25, 0.3) is 6.08 Å². The molecule has 2 heterocycles. The Bertz CT molecular complexity index is 876. The number of carbonyl (C=O) groups excluding carboxylic acids is 1. The van der Waals surface area contributed by atoms with Gasteiger partial charge in [0.05, 0.1) is 29.9 Å². The van der Waals surface area contributed by atoms with Crippen LogP contribution < -0.4 is 9.47 Å². The van der Waals surface area contributed by atoms with E-state index in [0.717, 1.165) is 37.3 Å². The molecule has 0 bridgehead atoms. The van der Waals surface area contributed by atoms with Gasteiger partial charge in [0.2, 0.25) is 5.91 Å². The van der Waals surface area contributed by atoms with Crippen LogP contribution in [-0.2, 0) is 17.8 Å². The number of hydrogen-bond donors (Lipinski definition) is 0. The molecular weight excluding hydrogens is 410 g/mol. The minimum atomic E-state index is -0.00233. The Hall–Kier alpha value is -2.09. The largest absolute Gasteiger partial charge is 0.493 e. The first-order chi connectivity index (χ1) is 14.0. The Labute approximate surface area is 180 Å². The van der Waals surface area contributed by atoms with Crippen molar-refractivity contribution < 1.29 is 14.3 Å². The van der Waals surface area contributed by atoms with Gasteiger partial charge >= 0.3 is 0 Å². The quantitative estimate of drug-likeness (QED) is 0.620. The first-order valence-corrected chi connectivity index (χ1v) is 10.8. The number of halogens is 1. The van der Waals surface area contributed by atoms with Crippen LogP contribution in [0.1, 0.15) is 23.2 Å². The van der Waals surface area contributed by atoms with Crippen molar-refractivity contribution in [2.45, 2.75) is 19.9 Å². The summed E-state index contributed by atoms with van der Waals surface area (Å²) in [6.07, 6.45) is 4.32. The second-order valence-corrected chi connectivity index (χ2v) is 8.11. The highest BCUT2D eigenvalue weighted by Gasteiger charge is 2.20. The predicted octanol–water partition coefficient (Wildman–Crippen LogP) is 3.73. The van der Waals surface area contributed by atoms with E-state index in [1.165, 1.54) is 5.01 Å². The van der Waals surface area contributed by atoms with Gasteiger partial charge < -0.3 is 14.4 Å². The van der Waals surface area contributed by atoms with E-state index in [9.17, 15) is 4.79 Å². The van der Waals surface area contributed by atoms with Crippen molar-refractivity contribution in [1.82, 2.24) is 14.8 Å². The zero-order valence-electron chi connectivity index (χ0n) is 17.0. The predicted molar refractivity (Wildman–Crippen MR) is 117 cm³/mol. The molecule has 0 unspecified atom stereocenters.